The maximum absolute atomic E-state index is 12.4. The molecule has 0 N–H and O–H groups in total. The zero-order chi connectivity index (χ0) is 16.5. The number of allylic oxidation sites excluding steroid dienone is 4. The molecule has 0 aliphatic heterocycles. The minimum atomic E-state index is -1.29. The zero-order valence-electron chi connectivity index (χ0n) is 14.1. The van der Waals surface area contributed by atoms with Crippen LogP contribution in [0.5, 0.6) is 0 Å². The Morgan fingerprint density at radius 3 is 1.38 bits per heavy atom. The molecule has 0 atom stereocenters. The van der Waals surface area contributed by atoms with Crippen molar-refractivity contribution in [3.05, 3.63) is 23.3 Å². The van der Waals surface area contributed by atoms with Crippen LogP contribution in [0.2, 0.25) is 0 Å². The number of esters is 2. The lowest BCUT2D eigenvalue weighted by Gasteiger charge is -2.27. The van der Waals surface area contributed by atoms with Gasteiger partial charge in [0.1, 0.15) is 0 Å². The Balaban J connectivity index is 5.67. The monoisotopic (exact) mass is 296 g/mol. The second-order valence-corrected chi connectivity index (χ2v) is 5.49. The van der Waals surface area contributed by atoms with Gasteiger partial charge in [-0.1, -0.05) is 23.3 Å². The molecule has 0 radical (unpaired) electrons. The first-order chi connectivity index (χ1) is 9.80. The molecule has 0 amide bonds. The van der Waals surface area contributed by atoms with E-state index < -0.39 is 17.4 Å². The number of rotatable bonds is 8. The molecule has 0 aromatic carbocycles. The highest BCUT2D eigenvalue weighted by Crippen LogP contribution is 2.33. The molecule has 4 heteroatoms. The first-order valence-electron chi connectivity index (χ1n) is 7.41. The second kappa shape index (κ2) is 9.37. The van der Waals surface area contributed by atoms with Gasteiger partial charge in [-0.2, -0.15) is 0 Å². The predicted molar refractivity (Wildman–Crippen MR) is 83.8 cm³/mol. The van der Waals surface area contributed by atoms with E-state index in [0.717, 1.165) is 11.1 Å². The standard InChI is InChI=1S/C17H28O4/c1-7-20-15(18)17(11-9-13(3)4,12-10-14(5)6)16(19)21-8-2/h9-10H,7-8,11-12H2,1-6H3. The highest BCUT2D eigenvalue weighted by Gasteiger charge is 2.47. The van der Waals surface area contributed by atoms with Gasteiger partial charge >= 0.3 is 11.9 Å². The molecule has 0 rings (SSSR count). The van der Waals surface area contributed by atoms with Crippen molar-refractivity contribution >= 4 is 11.9 Å². The minimum absolute atomic E-state index is 0.240. The lowest BCUT2D eigenvalue weighted by atomic mass is 9.80. The summed E-state index contributed by atoms with van der Waals surface area (Å²) < 4.78 is 10.3. The van der Waals surface area contributed by atoms with E-state index in [1.807, 2.05) is 39.8 Å². The van der Waals surface area contributed by atoms with Crippen molar-refractivity contribution in [3.63, 3.8) is 0 Å². The summed E-state index contributed by atoms with van der Waals surface area (Å²) in [6.07, 6.45) is 4.34. The van der Waals surface area contributed by atoms with Crippen molar-refractivity contribution in [2.45, 2.75) is 54.4 Å². The predicted octanol–water partition coefficient (Wildman–Crippen LogP) is 3.81. The van der Waals surface area contributed by atoms with E-state index in [1.54, 1.807) is 13.8 Å². The average Bonchev–Trinajstić information content (AvgIpc) is 2.39. The quantitative estimate of drug-likeness (QED) is 0.388. The number of hydrogen-bond acceptors (Lipinski definition) is 4. The van der Waals surface area contributed by atoms with Crippen LogP contribution >= 0.6 is 0 Å². The van der Waals surface area contributed by atoms with Gasteiger partial charge in [0.05, 0.1) is 13.2 Å². The van der Waals surface area contributed by atoms with Gasteiger partial charge < -0.3 is 9.47 Å². The molecule has 21 heavy (non-hydrogen) atoms. The van der Waals surface area contributed by atoms with Gasteiger partial charge in [0, 0.05) is 0 Å². The summed E-state index contributed by atoms with van der Waals surface area (Å²) in [6.45, 7) is 11.7. The van der Waals surface area contributed by atoms with Crippen LogP contribution in [0, 0.1) is 5.41 Å². The van der Waals surface area contributed by atoms with E-state index in [1.165, 1.54) is 0 Å². The maximum atomic E-state index is 12.4. The molecule has 0 saturated carbocycles. The zero-order valence-corrected chi connectivity index (χ0v) is 14.1. The van der Waals surface area contributed by atoms with Crippen molar-refractivity contribution < 1.29 is 19.1 Å². The van der Waals surface area contributed by atoms with Crippen LogP contribution in [0.25, 0.3) is 0 Å². The lowest BCUT2D eigenvalue weighted by Crippen LogP contribution is -2.41. The Morgan fingerprint density at radius 1 is 0.810 bits per heavy atom. The molecule has 0 spiro atoms. The molecule has 0 aliphatic carbocycles. The molecule has 120 valence electrons. The molecular weight excluding hydrogens is 268 g/mol. The van der Waals surface area contributed by atoms with Gasteiger partial charge in [-0.3, -0.25) is 9.59 Å². The summed E-state index contributed by atoms with van der Waals surface area (Å²) in [7, 11) is 0. The third-order valence-corrected chi connectivity index (χ3v) is 3.05. The van der Waals surface area contributed by atoms with E-state index in [4.69, 9.17) is 9.47 Å². The van der Waals surface area contributed by atoms with Crippen LogP contribution in [-0.4, -0.2) is 25.2 Å². The van der Waals surface area contributed by atoms with Crippen molar-refractivity contribution in [2.24, 2.45) is 5.41 Å². The highest BCUT2D eigenvalue weighted by atomic mass is 16.6. The molecule has 4 nitrogen and oxygen atoms in total. The smallest absolute Gasteiger partial charge is 0.324 e. The van der Waals surface area contributed by atoms with Crippen LogP contribution in [0.4, 0.5) is 0 Å². The van der Waals surface area contributed by atoms with E-state index >= 15 is 0 Å². The van der Waals surface area contributed by atoms with Crippen LogP contribution in [0.3, 0.4) is 0 Å². The van der Waals surface area contributed by atoms with Crippen LogP contribution in [0.1, 0.15) is 54.4 Å². The maximum Gasteiger partial charge on any atom is 0.324 e. The molecular formula is C17H28O4. The minimum Gasteiger partial charge on any atom is -0.465 e. The van der Waals surface area contributed by atoms with Gasteiger partial charge in [-0.05, 0) is 54.4 Å². The molecule has 0 bridgehead atoms. The average molecular weight is 296 g/mol. The fraction of sp³-hybridized carbons (Fsp3) is 0.647. The Bertz CT molecular complexity index is 371. The van der Waals surface area contributed by atoms with Crippen LogP contribution < -0.4 is 0 Å². The summed E-state index contributed by atoms with van der Waals surface area (Å²) >= 11 is 0. The van der Waals surface area contributed by atoms with E-state index in [9.17, 15) is 9.59 Å². The number of carbonyl (C=O) groups excluding carboxylic acids is 2. The molecule has 0 heterocycles. The van der Waals surface area contributed by atoms with Gasteiger partial charge in [-0.25, -0.2) is 0 Å². The topological polar surface area (TPSA) is 52.6 Å². The SMILES string of the molecule is CCOC(=O)C(CC=C(C)C)(CC=C(C)C)C(=O)OCC. The Labute approximate surface area is 128 Å². The molecule has 0 fully saturated rings. The van der Waals surface area contributed by atoms with Crippen molar-refractivity contribution in [1.82, 2.24) is 0 Å². The first-order valence-corrected chi connectivity index (χ1v) is 7.41. The summed E-state index contributed by atoms with van der Waals surface area (Å²) in [4.78, 5) is 24.8. The summed E-state index contributed by atoms with van der Waals surface area (Å²) in [5.74, 6) is -1.03. The van der Waals surface area contributed by atoms with E-state index in [0.29, 0.717) is 0 Å². The number of ether oxygens (including phenoxy) is 2. The van der Waals surface area contributed by atoms with Crippen LogP contribution in [0.15, 0.2) is 23.3 Å². The molecule has 0 aromatic heterocycles. The number of carbonyl (C=O) groups is 2. The van der Waals surface area contributed by atoms with Crippen molar-refractivity contribution in [3.8, 4) is 0 Å². The number of hydrogen-bond donors (Lipinski definition) is 0. The Hall–Kier alpha value is -1.58. The van der Waals surface area contributed by atoms with Crippen molar-refractivity contribution in [2.75, 3.05) is 13.2 Å². The fourth-order valence-electron chi connectivity index (χ4n) is 1.80. The molecule has 0 saturated heterocycles. The third kappa shape index (κ3) is 6.15. The summed E-state index contributed by atoms with van der Waals surface area (Å²) in [5.41, 5.74) is 0.802. The van der Waals surface area contributed by atoms with Gasteiger partial charge in [0.15, 0.2) is 5.41 Å². The van der Waals surface area contributed by atoms with E-state index in [2.05, 4.69) is 0 Å². The second-order valence-electron chi connectivity index (χ2n) is 5.49. The van der Waals surface area contributed by atoms with Gasteiger partial charge in [-0.15, -0.1) is 0 Å². The Morgan fingerprint density at radius 2 is 1.14 bits per heavy atom. The molecule has 0 unspecified atom stereocenters. The third-order valence-electron chi connectivity index (χ3n) is 3.05. The molecule has 0 aliphatic rings. The largest absolute Gasteiger partial charge is 0.465 e. The van der Waals surface area contributed by atoms with Gasteiger partial charge in [0.25, 0.3) is 0 Å². The van der Waals surface area contributed by atoms with Gasteiger partial charge in [0.2, 0.25) is 0 Å². The normalized spacial score (nSPS) is 10.6. The van der Waals surface area contributed by atoms with Crippen LogP contribution in [-0.2, 0) is 19.1 Å². The lowest BCUT2D eigenvalue weighted by molar-refractivity contribution is -0.171. The first kappa shape index (κ1) is 19.4. The Kier molecular flexibility index (Phi) is 8.67. The molecule has 0 aromatic rings. The highest BCUT2D eigenvalue weighted by molar-refractivity contribution is 6.00. The fourth-order valence-corrected chi connectivity index (χ4v) is 1.80. The summed E-state index contributed by atoms with van der Waals surface area (Å²) in [5, 5.41) is 0. The van der Waals surface area contributed by atoms with Crippen molar-refractivity contribution in [1.29, 1.82) is 0 Å². The van der Waals surface area contributed by atoms with E-state index in [-0.39, 0.29) is 26.1 Å². The summed E-state index contributed by atoms with van der Waals surface area (Å²) in [6, 6.07) is 0.